The summed E-state index contributed by atoms with van der Waals surface area (Å²) in [5.41, 5.74) is 10.5. The molecular weight excluding hydrogens is 280 g/mol. The molecule has 0 spiro atoms. The summed E-state index contributed by atoms with van der Waals surface area (Å²) in [7, 11) is 0. The lowest BCUT2D eigenvalue weighted by atomic mass is 10.2. The summed E-state index contributed by atoms with van der Waals surface area (Å²) in [6.45, 7) is 3.03. The van der Waals surface area contributed by atoms with Crippen molar-refractivity contribution >= 4 is 29.5 Å². The number of hydrogen-bond acceptors (Lipinski definition) is 5. The van der Waals surface area contributed by atoms with Gasteiger partial charge in [0.05, 0.1) is 10.8 Å². The number of nitrogens with two attached hydrogens (primary N) is 2. The van der Waals surface area contributed by atoms with Crippen molar-refractivity contribution in [1.82, 2.24) is 0 Å². The van der Waals surface area contributed by atoms with Crippen LogP contribution in [0.5, 0.6) is 0 Å². The Morgan fingerprint density at radius 2 is 1.70 bits per heavy atom. The van der Waals surface area contributed by atoms with Crippen molar-refractivity contribution in [2.45, 2.75) is 30.1 Å². The summed E-state index contributed by atoms with van der Waals surface area (Å²) in [5.74, 6) is -1.88. The molecule has 0 aliphatic rings. The molecule has 7 heteroatoms. The Morgan fingerprint density at radius 1 is 1.10 bits per heavy atom. The Balaban J connectivity index is 2.92. The zero-order valence-electron chi connectivity index (χ0n) is 11.2. The molecule has 108 valence electrons. The van der Waals surface area contributed by atoms with Crippen LogP contribution in [0.3, 0.4) is 0 Å². The number of rotatable bonds is 6. The molecule has 4 N–H and O–H groups in total. The number of benzene rings is 1. The monoisotopic (exact) mass is 296 g/mol. The molecule has 1 rings (SSSR count). The number of thioether (sulfide) groups is 1. The summed E-state index contributed by atoms with van der Waals surface area (Å²) in [4.78, 5) is 34.5. The highest BCUT2D eigenvalue weighted by atomic mass is 32.2. The molecule has 6 nitrogen and oxygen atoms in total. The lowest BCUT2D eigenvalue weighted by Crippen LogP contribution is -2.30. The van der Waals surface area contributed by atoms with E-state index in [2.05, 4.69) is 0 Å². The minimum Gasteiger partial charge on any atom is -0.449 e. The quantitative estimate of drug-likeness (QED) is 0.592. The number of esters is 1. The number of ether oxygens (including phenoxy) is 1. The fraction of sp³-hybridized carbons (Fsp3) is 0.308. The van der Waals surface area contributed by atoms with E-state index in [4.69, 9.17) is 16.2 Å². The number of carbonyl (C=O) groups is 3. The molecule has 1 aromatic rings. The van der Waals surface area contributed by atoms with Crippen molar-refractivity contribution in [3.05, 3.63) is 29.8 Å². The van der Waals surface area contributed by atoms with Gasteiger partial charge in [-0.15, -0.1) is 11.8 Å². The van der Waals surface area contributed by atoms with Crippen molar-refractivity contribution in [3.8, 4) is 0 Å². The zero-order chi connectivity index (χ0) is 15.3. The third-order valence-electron chi connectivity index (χ3n) is 2.50. The molecule has 0 aliphatic carbocycles. The normalized spacial score (nSPS) is 13.3. The smallest absolute Gasteiger partial charge is 0.340 e. The third kappa shape index (κ3) is 4.27. The van der Waals surface area contributed by atoms with Gasteiger partial charge >= 0.3 is 5.97 Å². The first kappa shape index (κ1) is 16.0. The van der Waals surface area contributed by atoms with Gasteiger partial charge in [0.1, 0.15) is 0 Å². The first-order valence-corrected chi connectivity index (χ1v) is 6.76. The molecule has 0 saturated carbocycles. The Kier molecular flexibility index (Phi) is 5.57. The molecule has 0 fully saturated rings. The predicted octanol–water partition coefficient (Wildman–Crippen LogP) is 0.683. The fourth-order valence-electron chi connectivity index (χ4n) is 1.27. The molecule has 0 saturated heterocycles. The number of hydrogen-bond donors (Lipinski definition) is 2. The molecular formula is C13H16N2O4S. The molecule has 2 amide bonds. The van der Waals surface area contributed by atoms with Crippen LogP contribution in [0.1, 0.15) is 24.2 Å². The average molecular weight is 296 g/mol. The van der Waals surface area contributed by atoms with E-state index >= 15 is 0 Å². The van der Waals surface area contributed by atoms with Crippen molar-refractivity contribution in [1.29, 1.82) is 0 Å². The van der Waals surface area contributed by atoms with Crippen LogP contribution in [0.25, 0.3) is 0 Å². The van der Waals surface area contributed by atoms with Crippen LogP contribution >= 0.6 is 11.8 Å². The predicted molar refractivity (Wildman–Crippen MR) is 75.0 cm³/mol. The van der Waals surface area contributed by atoms with Gasteiger partial charge in [-0.25, -0.2) is 4.79 Å². The van der Waals surface area contributed by atoms with E-state index in [0.717, 1.165) is 11.8 Å². The largest absolute Gasteiger partial charge is 0.449 e. The Morgan fingerprint density at radius 3 is 2.25 bits per heavy atom. The van der Waals surface area contributed by atoms with Crippen molar-refractivity contribution in [2.24, 2.45) is 11.5 Å². The molecule has 0 unspecified atom stereocenters. The fourth-order valence-corrected chi connectivity index (χ4v) is 2.20. The van der Waals surface area contributed by atoms with Gasteiger partial charge in [0.25, 0.3) is 5.91 Å². The summed E-state index contributed by atoms with van der Waals surface area (Å²) >= 11 is 1.15. The lowest BCUT2D eigenvalue weighted by molar-refractivity contribution is -0.125. The van der Waals surface area contributed by atoms with Gasteiger partial charge in [0, 0.05) is 4.90 Å². The summed E-state index contributed by atoms with van der Waals surface area (Å²) < 4.78 is 4.94. The summed E-state index contributed by atoms with van der Waals surface area (Å²) in [6.07, 6.45) is -1.02. The first-order valence-electron chi connectivity index (χ1n) is 5.88. The van der Waals surface area contributed by atoms with Gasteiger partial charge in [-0.3, -0.25) is 9.59 Å². The number of amides is 2. The lowest BCUT2D eigenvalue weighted by Gasteiger charge is -2.13. The van der Waals surface area contributed by atoms with Crippen molar-refractivity contribution in [3.63, 3.8) is 0 Å². The minimum absolute atomic E-state index is 0.263. The summed E-state index contributed by atoms with van der Waals surface area (Å²) in [6, 6.07) is 6.61. The molecule has 0 aromatic heterocycles. The van der Waals surface area contributed by atoms with E-state index in [1.54, 1.807) is 31.2 Å². The zero-order valence-corrected chi connectivity index (χ0v) is 12.0. The van der Waals surface area contributed by atoms with Crippen molar-refractivity contribution in [2.75, 3.05) is 0 Å². The van der Waals surface area contributed by atoms with E-state index in [9.17, 15) is 14.4 Å². The van der Waals surface area contributed by atoms with Crippen LogP contribution in [0.15, 0.2) is 29.2 Å². The van der Waals surface area contributed by atoms with Gasteiger partial charge < -0.3 is 16.2 Å². The number of primary amides is 2. The standard InChI is InChI=1S/C13H16N2O4S/c1-7(11(14)16)19-13(18)9-5-3-4-6-10(9)20-8(2)12(15)17/h3-8H,1-2H3,(H2,14,16)(H2,15,17)/t7-,8+/m0/s1. The molecule has 0 radical (unpaired) electrons. The van der Waals surface area contributed by atoms with E-state index in [1.165, 1.54) is 6.92 Å². The van der Waals surface area contributed by atoms with E-state index in [-0.39, 0.29) is 5.56 Å². The van der Waals surface area contributed by atoms with E-state index in [0.29, 0.717) is 4.90 Å². The van der Waals surface area contributed by atoms with E-state index in [1.807, 2.05) is 0 Å². The Bertz CT molecular complexity index is 533. The third-order valence-corrected chi connectivity index (χ3v) is 3.69. The van der Waals surface area contributed by atoms with Crippen molar-refractivity contribution < 1.29 is 19.1 Å². The van der Waals surface area contributed by atoms with Crippen LogP contribution in [0.2, 0.25) is 0 Å². The maximum Gasteiger partial charge on any atom is 0.340 e. The summed E-state index contributed by atoms with van der Waals surface area (Å²) in [5, 5.41) is -0.488. The van der Waals surface area contributed by atoms with Gasteiger partial charge in [0.2, 0.25) is 5.91 Å². The molecule has 0 heterocycles. The topological polar surface area (TPSA) is 112 Å². The van der Waals surface area contributed by atoms with Crippen LogP contribution in [-0.2, 0) is 14.3 Å². The second-order valence-corrected chi connectivity index (χ2v) is 5.49. The molecule has 0 bridgehead atoms. The second-order valence-electron chi connectivity index (χ2n) is 4.11. The molecule has 0 aliphatic heterocycles. The van der Waals surface area contributed by atoms with E-state index < -0.39 is 29.1 Å². The first-order chi connectivity index (χ1) is 9.32. The average Bonchev–Trinajstić information content (AvgIpc) is 2.38. The molecule has 20 heavy (non-hydrogen) atoms. The van der Waals surface area contributed by atoms with Crippen LogP contribution in [0.4, 0.5) is 0 Å². The minimum atomic E-state index is -1.02. The maximum atomic E-state index is 12.0. The Hall–Kier alpha value is -2.02. The Labute approximate surface area is 120 Å². The highest BCUT2D eigenvalue weighted by molar-refractivity contribution is 8.00. The molecule has 1 aromatic carbocycles. The van der Waals surface area contributed by atoms with Gasteiger partial charge in [0.15, 0.2) is 6.10 Å². The van der Waals surface area contributed by atoms with Gasteiger partial charge in [-0.1, -0.05) is 12.1 Å². The number of carbonyl (C=O) groups excluding carboxylic acids is 3. The van der Waals surface area contributed by atoms with Crippen LogP contribution < -0.4 is 11.5 Å². The second kappa shape index (κ2) is 6.95. The van der Waals surface area contributed by atoms with Gasteiger partial charge in [-0.2, -0.15) is 0 Å². The highest BCUT2D eigenvalue weighted by Crippen LogP contribution is 2.27. The maximum absolute atomic E-state index is 12.0. The van der Waals surface area contributed by atoms with Crippen LogP contribution in [-0.4, -0.2) is 29.1 Å². The highest BCUT2D eigenvalue weighted by Gasteiger charge is 2.20. The van der Waals surface area contributed by atoms with Gasteiger partial charge in [-0.05, 0) is 26.0 Å². The van der Waals surface area contributed by atoms with Crippen LogP contribution in [0, 0.1) is 0 Å². The SMILES string of the molecule is C[C@H](OC(=O)c1ccccc1S[C@H](C)C(N)=O)C(N)=O. The molecule has 2 atom stereocenters.